The Morgan fingerprint density at radius 2 is 2.27 bits per heavy atom. The Morgan fingerprint density at radius 1 is 1.60 bits per heavy atom. The summed E-state index contributed by atoms with van der Waals surface area (Å²) < 4.78 is 17.7. The molecule has 0 saturated heterocycles. The second-order valence-corrected chi connectivity index (χ2v) is 3.32. The molecule has 0 aliphatic heterocycles. The number of nitrogens with zero attached hydrogens (tertiary/aromatic N) is 1. The Labute approximate surface area is 92.1 Å². The Hall–Kier alpha value is -1.50. The van der Waals surface area contributed by atoms with Crippen molar-refractivity contribution < 1.29 is 18.8 Å². The summed E-state index contributed by atoms with van der Waals surface area (Å²) >= 11 is 2.91. The molecule has 0 aliphatic rings. The van der Waals surface area contributed by atoms with Gasteiger partial charge >= 0.3 is 5.69 Å². The summed E-state index contributed by atoms with van der Waals surface area (Å²) in [6, 6.07) is 1.75. The molecule has 15 heavy (non-hydrogen) atoms. The maximum Gasteiger partial charge on any atom is 0.315 e. The van der Waals surface area contributed by atoms with Gasteiger partial charge < -0.3 is 4.74 Å². The van der Waals surface area contributed by atoms with Crippen molar-refractivity contribution in [3.63, 3.8) is 0 Å². The van der Waals surface area contributed by atoms with Gasteiger partial charge in [0.2, 0.25) is 5.75 Å². The minimum Gasteiger partial charge on any atom is -0.478 e. The monoisotopic (exact) mass is 277 g/mol. The molecule has 1 rings (SSSR count). The normalized spacial score (nSPS) is 9.73. The number of aldehydes is 1. The van der Waals surface area contributed by atoms with Gasteiger partial charge in [-0.25, -0.2) is 4.39 Å². The fraction of sp³-hybridized carbons (Fsp3) is 0.125. The van der Waals surface area contributed by atoms with Crippen LogP contribution in [-0.4, -0.2) is 17.8 Å². The van der Waals surface area contributed by atoms with E-state index in [4.69, 9.17) is 4.74 Å². The number of hydrogen-bond acceptors (Lipinski definition) is 4. The highest BCUT2D eigenvalue weighted by molar-refractivity contribution is 9.10. The van der Waals surface area contributed by atoms with E-state index in [1.807, 2.05) is 0 Å². The average Bonchev–Trinajstić information content (AvgIpc) is 2.15. The standard InChI is InChI=1S/C8H5BrFNO4/c9-6-3-5(10)4-7(11(13)14)8(6)15-2-1-12/h1,3-4H,2H2. The number of ether oxygens (including phenoxy) is 1. The highest BCUT2D eigenvalue weighted by atomic mass is 79.9. The van der Waals surface area contributed by atoms with Crippen molar-refractivity contribution in [2.24, 2.45) is 0 Å². The molecule has 0 atom stereocenters. The van der Waals surface area contributed by atoms with E-state index >= 15 is 0 Å². The first-order valence-electron chi connectivity index (χ1n) is 3.76. The highest BCUT2D eigenvalue weighted by Crippen LogP contribution is 2.35. The summed E-state index contributed by atoms with van der Waals surface area (Å²) in [5.41, 5.74) is -0.524. The molecule has 0 aliphatic carbocycles. The maximum atomic E-state index is 12.8. The van der Waals surface area contributed by atoms with Gasteiger partial charge in [-0.2, -0.15) is 0 Å². The quantitative estimate of drug-likeness (QED) is 0.480. The van der Waals surface area contributed by atoms with Crippen LogP contribution >= 0.6 is 15.9 Å². The van der Waals surface area contributed by atoms with Gasteiger partial charge in [-0.05, 0) is 22.0 Å². The minimum absolute atomic E-state index is 0.0936. The molecular formula is C8H5BrFNO4. The molecule has 0 spiro atoms. The van der Waals surface area contributed by atoms with Crippen LogP contribution in [0.2, 0.25) is 0 Å². The van der Waals surface area contributed by atoms with Crippen LogP contribution < -0.4 is 4.74 Å². The van der Waals surface area contributed by atoms with Gasteiger partial charge in [0, 0.05) is 0 Å². The molecule has 0 N–H and O–H groups in total. The van der Waals surface area contributed by atoms with Crippen molar-refractivity contribution >= 4 is 27.9 Å². The summed E-state index contributed by atoms with van der Waals surface area (Å²) in [5.74, 6) is -0.916. The molecular weight excluding hydrogens is 273 g/mol. The van der Waals surface area contributed by atoms with Crippen LogP contribution in [0, 0.1) is 15.9 Å². The van der Waals surface area contributed by atoms with E-state index in [1.54, 1.807) is 0 Å². The smallest absolute Gasteiger partial charge is 0.315 e. The van der Waals surface area contributed by atoms with E-state index in [1.165, 1.54) is 0 Å². The van der Waals surface area contributed by atoms with Crippen LogP contribution in [0.15, 0.2) is 16.6 Å². The highest BCUT2D eigenvalue weighted by Gasteiger charge is 2.20. The SMILES string of the molecule is O=CCOc1c(Br)cc(F)cc1[N+](=O)[O-]. The average molecular weight is 278 g/mol. The first kappa shape index (κ1) is 11.6. The van der Waals surface area contributed by atoms with Crippen molar-refractivity contribution in [2.45, 2.75) is 0 Å². The third-order valence-electron chi connectivity index (χ3n) is 1.48. The molecule has 80 valence electrons. The molecule has 7 heteroatoms. The molecule has 0 radical (unpaired) electrons. The summed E-state index contributed by atoms with van der Waals surface area (Å²) in [6.07, 6.45) is 0.444. The summed E-state index contributed by atoms with van der Waals surface area (Å²) in [7, 11) is 0. The lowest BCUT2D eigenvalue weighted by Crippen LogP contribution is -2.02. The second kappa shape index (κ2) is 4.83. The molecule has 0 heterocycles. The van der Waals surface area contributed by atoms with Crippen molar-refractivity contribution in [1.82, 2.24) is 0 Å². The first-order chi connectivity index (χ1) is 7.06. The third kappa shape index (κ3) is 2.72. The Balaban J connectivity index is 3.20. The third-order valence-corrected chi connectivity index (χ3v) is 2.07. The predicted octanol–water partition coefficient (Wildman–Crippen LogP) is 2.07. The van der Waals surface area contributed by atoms with Gasteiger partial charge in [0.15, 0.2) is 6.29 Å². The number of carbonyl (C=O) groups excluding carboxylic acids is 1. The van der Waals surface area contributed by atoms with E-state index < -0.39 is 16.4 Å². The number of rotatable bonds is 4. The van der Waals surface area contributed by atoms with Crippen LogP contribution in [0.3, 0.4) is 0 Å². The maximum absolute atomic E-state index is 12.8. The number of nitro benzene ring substituents is 1. The predicted molar refractivity (Wildman–Crippen MR) is 52.3 cm³/mol. The zero-order valence-electron chi connectivity index (χ0n) is 7.28. The van der Waals surface area contributed by atoms with Gasteiger partial charge in [-0.3, -0.25) is 14.9 Å². The number of nitro groups is 1. The Bertz CT molecular complexity index is 410. The minimum atomic E-state index is -0.784. The van der Waals surface area contributed by atoms with Crippen molar-refractivity contribution in [3.8, 4) is 5.75 Å². The topological polar surface area (TPSA) is 69.4 Å². The van der Waals surface area contributed by atoms with E-state index in [2.05, 4.69) is 15.9 Å². The van der Waals surface area contributed by atoms with Crippen LogP contribution in [0.1, 0.15) is 0 Å². The fourth-order valence-electron chi connectivity index (χ4n) is 0.943. The number of halogens is 2. The zero-order chi connectivity index (χ0) is 11.4. The molecule has 5 nitrogen and oxygen atoms in total. The molecule has 1 aromatic carbocycles. The first-order valence-corrected chi connectivity index (χ1v) is 4.55. The number of carbonyl (C=O) groups is 1. The van der Waals surface area contributed by atoms with Gasteiger partial charge in [0.05, 0.1) is 15.5 Å². The van der Waals surface area contributed by atoms with Crippen molar-refractivity contribution in [2.75, 3.05) is 6.61 Å². The molecule has 0 bridgehead atoms. The molecule has 1 aromatic rings. The Morgan fingerprint density at radius 3 is 2.80 bits per heavy atom. The van der Waals surface area contributed by atoms with Crippen LogP contribution in [0.4, 0.5) is 10.1 Å². The molecule has 0 aromatic heterocycles. The molecule has 0 saturated carbocycles. The molecule has 0 unspecified atom stereocenters. The fourth-order valence-corrected chi connectivity index (χ4v) is 1.48. The van der Waals surface area contributed by atoms with E-state index in [0.717, 1.165) is 12.1 Å². The van der Waals surface area contributed by atoms with Gasteiger partial charge in [-0.1, -0.05) is 0 Å². The van der Waals surface area contributed by atoms with E-state index in [9.17, 15) is 19.3 Å². The lowest BCUT2D eigenvalue weighted by atomic mass is 10.3. The summed E-state index contributed by atoms with van der Waals surface area (Å²) in [4.78, 5) is 19.8. The van der Waals surface area contributed by atoms with Crippen LogP contribution in [-0.2, 0) is 4.79 Å². The largest absolute Gasteiger partial charge is 0.478 e. The van der Waals surface area contributed by atoms with Gasteiger partial charge in [0.1, 0.15) is 12.4 Å². The van der Waals surface area contributed by atoms with Crippen molar-refractivity contribution in [1.29, 1.82) is 0 Å². The van der Waals surface area contributed by atoms with Gasteiger partial charge in [-0.15, -0.1) is 0 Å². The van der Waals surface area contributed by atoms with E-state index in [0.29, 0.717) is 6.29 Å². The number of benzene rings is 1. The molecule has 0 fully saturated rings. The van der Waals surface area contributed by atoms with E-state index in [-0.39, 0.29) is 16.8 Å². The lowest BCUT2D eigenvalue weighted by Gasteiger charge is -2.05. The number of hydrogen-bond donors (Lipinski definition) is 0. The van der Waals surface area contributed by atoms with Crippen molar-refractivity contribution in [3.05, 3.63) is 32.5 Å². The Kier molecular flexibility index (Phi) is 3.73. The summed E-state index contributed by atoms with van der Waals surface area (Å²) in [6.45, 7) is -0.328. The zero-order valence-corrected chi connectivity index (χ0v) is 8.86. The van der Waals surface area contributed by atoms with Crippen LogP contribution in [0.25, 0.3) is 0 Å². The molecule has 0 amide bonds. The van der Waals surface area contributed by atoms with Gasteiger partial charge in [0.25, 0.3) is 0 Å². The van der Waals surface area contributed by atoms with Crippen LogP contribution in [0.5, 0.6) is 5.75 Å². The lowest BCUT2D eigenvalue weighted by molar-refractivity contribution is -0.386. The summed E-state index contributed by atoms with van der Waals surface area (Å²) in [5, 5.41) is 10.5. The second-order valence-electron chi connectivity index (χ2n) is 2.47.